The fourth-order valence-electron chi connectivity index (χ4n) is 1.78. The van der Waals surface area contributed by atoms with Gasteiger partial charge in [-0.05, 0) is 38.1 Å². The summed E-state index contributed by atoms with van der Waals surface area (Å²) in [6.45, 7) is 4.90. The molecule has 0 saturated carbocycles. The van der Waals surface area contributed by atoms with Crippen LogP contribution in [0.2, 0.25) is 0 Å². The van der Waals surface area contributed by atoms with E-state index in [1.807, 2.05) is 0 Å². The molecule has 0 bridgehead atoms. The van der Waals surface area contributed by atoms with E-state index in [-0.39, 0.29) is 11.7 Å². The predicted molar refractivity (Wildman–Crippen MR) is 77.2 cm³/mol. The van der Waals surface area contributed by atoms with Crippen molar-refractivity contribution in [2.45, 2.75) is 39.3 Å². The van der Waals surface area contributed by atoms with Crippen LogP contribution in [0.4, 0.5) is 4.39 Å². The molecule has 0 aliphatic heterocycles. The molecule has 20 heavy (non-hydrogen) atoms. The Labute approximate surface area is 119 Å². The van der Waals surface area contributed by atoms with Gasteiger partial charge in [0.25, 0.3) is 5.91 Å². The highest BCUT2D eigenvalue weighted by atomic mass is 19.1. The van der Waals surface area contributed by atoms with E-state index in [0.717, 1.165) is 18.4 Å². The Morgan fingerprint density at radius 2 is 2.15 bits per heavy atom. The van der Waals surface area contributed by atoms with Crippen molar-refractivity contribution < 1.29 is 13.9 Å². The quantitative estimate of drug-likeness (QED) is 0.719. The summed E-state index contributed by atoms with van der Waals surface area (Å²) in [6, 6.07) is 4.46. The van der Waals surface area contributed by atoms with Crippen LogP contribution in [0, 0.1) is 5.82 Å². The molecule has 4 nitrogen and oxygen atoms in total. The molecule has 0 saturated heterocycles. The van der Waals surface area contributed by atoms with Gasteiger partial charge in [-0.3, -0.25) is 4.79 Å². The Kier molecular flexibility index (Phi) is 7.01. The number of halogens is 1. The Hall–Kier alpha value is -1.62. The van der Waals surface area contributed by atoms with E-state index in [4.69, 9.17) is 4.74 Å². The van der Waals surface area contributed by atoms with Crippen molar-refractivity contribution in [3.8, 4) is 5.75 Å². The van der Waals surface area contributed by atoms with E-state index in [2.05, 4.69) is 17.6 Å². The van der Waals surface area contributed by atoms with Crippen molar-refractivity contribution in [3.05, 3.63) is 29.6 Å². The van der Waals surface area contributed by atoms with E-state index < -0.39 is 6.10 Å². The zero-order valence-electron chi connectivity index (χ0n) is 12.3. The molecular weight excluding hydrogens is 259 g/mol. The molecule has 1 aromatic rings. The van der Waals surface area contributed by atoms with Crippen LogP contribution >= 0.6 is 0 Å². The largest absolute Gasteiger partial charge is 0.481 e. The molecule has 0 aliphatic carbocycles. The Morgan fingerprint density at radius 3 is 2.80 bits per heavy atom. The lowest BCUT2D eigenvalue weighted by atomic mass is 10.2. The molecule has 0 fully saturated rings. The number of hydrogen-bond acceptors (Lipinski definition) is 3. The van der Waals surface area contributed by atoms with Crippen LogP contribution < -0.4 is 15.4 Å². The summed E-state index contributed by atoms with van der Waals surface area (Å²) in [5, 5.41) is 5.74. The molecular formula is C15H23FN2O2. The molecule has 112 valence electrons. The van der Waals surface area contributed by atoms with Crippen molar-refractivity contribution in [2.75, 3.05) is 13.6 Å². The third kappa shape index (κ3) is 5.57. The van der Waals surface area contributed by atoms with Crippen LogP contribution in [0.5, 0.6) is 5.75 Å². The maximum Gasteiger partial charge on any atom is 0.260 e. The van der Waals surface area contributed by atoms with Gasteiger partial charge in [0.2, 0.25) is 0 Å². The molecule has 0 aliphatic rings. The van der Waals surface area contributed by atoms with Crippen LogP contribution in [-0.4, -0.2) is 25.6 Å². The third-order valence-electron chi connectivity index (χ3n) is 2.82. The van der Waals surface area contributed by atoms with Gasteiger partial charge in [-0.15, -0.1) is 0 Å². The molecule has 0 aromatic heterocycles. The van der Waals surface area contributed by atoms with E-state index in [1.54, 1.807) is 20.0 Å². The van der Waals surface area contributed by atoms with Crippen molar-refractivity contribution in [1.82, 2.24) is 10.6 Å². The lowest BCUT2D eigenvalue weighted by Crippen LogP contribution is -2.36. The van der Waals surface area contributed by atoms with Gasteiger partial charge in [0.15, 0.2) is 6.10 Å². The van der Waals surface area contributed by atoms with Gasteiger partial charge in [-0.2, -0.15) is 0 Å². The van der Waals surface area contributed by atoms with Crippen molar-refractivity contribution in [3.63, 3.8) is 0 Å². The summed E-state index contributed by atoms with van der Waals surface area (Å²) in [4.78, 5) is 11.8. The van der Waals surface area contributed by atoms with Gasteiger partial charge in [-0.1, -0.05) is 13.3 Å². The van der Waals surface area contributed by atoms with Gasteiger partial charge in [-0.25, -0.2) is 4.39 Å². The molecule has 1 unspecified atom stereocenters. The zero-order valence-corrected chi connectivity index (χ0v) is 12.3. The fraction of sp³-hybridized carbons (Fsp3) is 0.533. The Morgan fingerprint density at radius 1 is 1.40 bits per heavy atom. The first-order valence-corrected chi connectivity index (χ1v) is 6.95. The SMILES string of the molecule is CCCCNC(=O)C(C)Oc1cc(F)cc(CNC)c1. The van der Waals surface area contributed by atoms with E-state index in [0.29, 0.717) is 18.8 Å². The van der Waals surface area contributed by atoms with Gasteiger partial charge in [0.05, 0.1) is 0 Å². The van der Waals surface area contributed by atoms with Crippen LogP contribution in [0.15, 0.2) is 18.2 Å². The normalized spacial score (nSPS) is 12.0. The minimum Gasteiger partial charge on any atom is -0.481 e. The van der Waals surface area contributed by atoms with Crippen LogP contribution in [-0.2, 0) is 11.3 Å². The van der Waals surface area contributed by atoms with Gasteiger partial charge >= 0.3 is 0 Å². The van der Waals surface area contributed by atoms with E-state index >= 15 is 0 Å². The standard InChI is InChI=1S/C15H23FN2O2/c1-4-5-6-18-15(19)11(2)20-14-8-12(10-17-3)7-13(16)9-14/h7-9,11,17H,4-6,10H2,1-3H3,(H,18,19). The highest BCUT2D eigenvalue weighted by Gasteiger charge is 2.14. The minimum atomic E-state index is -0.643. The number of hydrogen-bond donors (Lipinski definition) is 2. The Balaban J connectivity index is 2.60. The molecule has 1 rings (SSSR count). The topological polar surface area (TPSA) is 50.4 Å². The number of nitrogens with one attached hydrogen (secondary N) is 2. The summed E-state index contributed by atoms with van der Waals surface area (Å²) < 4.78 is 18.9. The molecule has 5 heteroatoms. The summed E-state index contributed by atoms with van der Waals surface area (Å²) in [5.41, 5.74) is 0.779. The summed E-state index contributed by atoms with van der Waals surface area (Å²) in [5.74, 6) is -0.183. The fourth-order valence-corrected chi connectivity index (χ4v) is 1.78. The van der Waals surface area contributed by atoms with Crippen LogP contribution in [0.1, 0.15) is 32.3 Å². The van der Waals surface area contributed by atoms with E-state index in [1.165, 1.54) is 12.1 Å². The van der Waals surface area contributed by atoms with Crippen molar-refractivity contribution >= 4 is 5.91 Å². The lowest BCUT2D eigenvalue weighted by molar-refractivity contribution is -0.127. The summed E-state index contributed by atoms with van der Waals surface area (Å²) in [7, 11) is 1.79. The monoisotopic (exact) mass is 282 g/mol. The minimum absolute atomic E-state index is 0.183. The maximum atomic E-state index is 13.4. The Bertz CT molecular complexity index is 438. The number of carbonyl (C=O) groups excluding carboxylic acids is 1. The van der Waals surface area contributed by atoms with Gasteiger partial charge < -0.3 is 15.4 Å². The highest BCUT2D eigenvalue weighted by Crippen LogP contribution is 2.17. The second-order valence-corrected chi connectivity index (χ2v) is 4.73. The molecule has 2 N–H and O–H groups in total. The highest BCUT2D eigenvalue weighted by molar-refractivity contribution is 5.80. The average Bonchev–Trinajstić information content (AvgIpc) is 2.38. The smallest absolute Gasteiger partial charge is 0.260 e. The molecule has 1 amide bonds. The molecule has 0 radical (unpaired) electrons. The number of ether oxygens (including phenoxy) is 1. The van der Waals surface area contributed by atoms with Crippen molar-refractivity contribution in [2.24, 2.45) is 0 Å². The number of benzene rings is 1. The second kappa shape index (κ2) is 8.53. The van der Waals surface area contributed by atoms with Gasteiger partial charge in [0.1, 0.15) is 11.6 Å². The van der Waals surface area contributed by atoms with E-state index in [9.17, 15) is 9.18 Å². The third-order valence-corrected chi connectivity index (χ3v) is 2.82. The van der Waals surface area contributed by atoms with Crippen molar-refractivity contribution in [1.29, 1.82) is 0 Å². The molecule has 1 aromatic carbocycles. The zero-order chi connectivity index (χ0) is 15.0. The summed E-state index contributed by atoms with van der Waals surface area (Å²) >= 11 is 0. The lowest BCUT2D eigenvalue weighted by Gasteiger charge is -2.15. The number of amides is 1. The molecule has 0 spiro atoms. The molecule has 0 heterocycles. The maximum absolute atomic E-state index is 13.4. The first-order valence-electron chi connectivity index (χ1n) is 6.95. The predicted octanol–water partition coefficient (Wildman–Crippen LogP) is 2.23. The number of unbranched alkanes of at least 4 members (excludes halogenated alkanes) is 1. The van der Waals surface area contributed by atoms with Crippen LogP contribution in [0.3, 0.4) is 0 Å². The average molecular weight is 282 g/mol. The van der Waals surface area contributed by atoms with Crippen LogP contribution in [0.25, 0.3) is 0 Å². The summed E-state index contributed by atoms with van der Waals surface area (Å²) in [6.07, 6.45) is 1.31. The first kappa shape index (κ1) is 16.4. The van der Waals surface area contributed by atoms with Gasteiger partial charge in [0, 0.05) is 19.2 Å². The second-order valence-electron chi connectivity index (χ2n) is 4.73. The first-order chi connectivity index (χ1) is 9.56. The number of rotatable bonds is 8. The molecule has 1 atom stereocenters. The number of carbonyl (C=O) groups is 1.